The largest absolute Gasteiger partial charge is 0.325 e. The van der Waals surface area contributed by atoms with Gasteiger partial charge in [-0.15, -0.1) is 11.3 Å². The summed E-state index contributed by atoms with van der Waals surface area (Å²) in [7, 11) is 0. The molecule has 0 atom stereocenters. The van der Waals surface area contributed by atoms with Crippen LogP contribution in [-0.2, 0) is 17.8 Å². The molecule has 164 valence electrons. The second-order valence-electron chi connectivity index (χ2n) is 7.81. The Morgan fingerprint density at radius 2 is 1.84 bits per heavy atom. The Morgan fingerprint density at radius 3 is 2.56 bits per heavy atom. The Kier molecular flexibility index (Phi) is 6.77. The number of hydrogen-bond acceptors (Lipinski definition) is 5. The van der Waals surface area contributed by atoms with Crippen molar-refractivity contribution >= 4 is 45.6 Å². The van der Waals surface area contributed by atoms with Crippen LogP contribution in [0.5, 0.6) is 0 Å². The Balaban J connectivity index is 1.57. The molecule has 0 saturated carbocycles. The number of thioether (sulfide) groups is 1. The van der Waals surface area contributed by atoms with Crippen molar-refractivity contribution in [1.82, 2.24) is 9.55 Å². The minimum Gasteiger partial charge on any atom is -0.325 e. The van der Waals surface area contributed by atoms with Gasteiger partial charge in [-0.3, -0.25) is 14.2 Å². The molecule has 0 aliphatic heterocycles. The number of amides is 1. The van der Waals surface area contributed by atoms with Crippen LogP contribution in [0.3, 0.4) is 0 Å². The molecule has 5 nitrogen and oxygen atoms in total. The lowest BCUT2D eigenvalue weighted by molar-refractivity contribution is -0.113. The first-order chi connectivity index (χ1) is 15.4. The summed E-state index contributed by atoms with van der Waals surface area (Å²) in [5, 5.41) is 6.22. The maximum Gasteiger partial charge on any atom is 0.262 e. The molecular formula is C25H25N3O2S2. The molecule has 7 heteroatoms. The fourth-order valence-corrected chi connectivity index (χ4v) is 5.34. The molecular weight excluding hydrogens is 438 g/mol. The van der Waals surface area contributed by atoms with Gasteiger partial charge in [-0.25, -0.2) is 4.98 Å². The predicted molar refractivity (Wildman–Crippen MR) is 134 cm³/mol. The summed E-state index contributed by atoms with van der Waals surface area (Å²) in [6.07, 6.45) is 0.749. The van der Waals surface area contributed by atoms with E-state index < -0.39 is 0 Å². The number of carbonyl (C=O) groups is 1. The average molecular weight is 464 g/mol. The lowest BCUT2D eigenvalue weighted by atomic mass is 10.1. The van der Waals surface area contributed by atoms with E-state index in [0.717, 1.165) is 23.2 Å². The van der Waals surface area contributed by atoms with Gasteiger partial charge in [-0.1, -0.05) is 47.7 Å². The molecule has 0 bridgehead atoms. The molecule has 2 heterocycles. The van der Waals surface area contributed by atoms with E-state index in [-0.39, 0.29) is 17.2 Å². The van der Waals surface area contributed by atoms with Crippen LogP contribution in [0.25, 0.3) is 10.9 Å². The number of aryl methyl sites for hydroxylation is 4. The van der Waals surface area contributed by atoms with E-state index in [1.807, 2.05) is 50.4 Å². The van der Waals surface area contributed by atoms with E-state index in [1.54, 1.807) is 22.0 Å². The third-order valence-corrected chi connectivity index (χ3v) is 7.17. The van der Waals surface area contributed by atoms with Crippen molar-refractivity contribution < 1.29 is 4.79 Å². The molecule has 4 aromatic rings. The highest BCUT2D eigenvalue weighted by Gasteiger charge is 2.15. The van der Waals surface area contributed by atoms with E-state index >= 15 is 0 Å². The van der Waals surface area contributed by atoms with Crippen LogP contribution in [0, 0.1) is 20.8 Å². The van der Waals surface area contributed by atoms with E-state index in [4.69, 9.17) is 4.98 Å². The van der Waals surface area contributed by atoms with Crippen LogP contribution < -0.4 is 10.9 Å². The fourth-order valence-electron chi connectivity index (χ4n) is 3.81. The zero-order chi connectivity index (χ0) is 22.7. The van der Waals surface area contributed by atoms with Crippen molar-refractivity contribution in [3.8, 4) is 0 Å². The summed E-state index contributed by atoms with van der Waals surface area (Å²) < 4.78 is 1.70. The molecule has 0 aliphatic rings. The summed E-state index contributed by atoms with van der Waals surface area (Å²) in [5.41, 5.74) is 4.68. The van der Waals surface area contributed by atoms with Crippen LogP contribution in [0.2, 0.25) is 0 Å². The van der Waals surface area contributed by atoms with Gasteiger partial charge in [0.05, 0.1) is 16.7 Å². The van der Waals surface area contributed by atoms with Gasteiger partial charge in [0.2, 0.25) is 5.91 Å². The number of hydrogen-bond donors (Lipinski definition) is 1. The number of aromatic nitrogens is 2. The molecule has 2 aromatic heterocycles. The molecule has 0 aliphatic carbocycles. The number of nitrogens with zero attached hydrogens (tertiary/aromatic N) is 2. The van der Waals surface area contributed by atoms with Crippen molar-refractivity contribution in [2.45, 2.75) is 38.9 Å². The number of para-hydroxylation sites is 1. The third kappa shape index (κ3) is 4.95. The number of rotatable bonds is 7. The first-order valence-electron chi connectivity index (χ1n) is 10.4. The first kappa shape index (κ1) is 22.3. The number of nitrogens with one attached hydrogen (secondary N) is 1. The molecule has 0 saturated heterocycles. The quantitative estimate of drug-likeness (QED) is 0.296. The van der Waals surface area contributed by atoms with Gasteiger partial charge in [-0.2, -0.15) is 0 Å². The summed E-state index contributed by atoms with van der Waals surface area (Å²) in [6.45, 7) is 6.56. The Labute approximate surface area is 195 Å². The Morgan fingerprint density at radius 1 is 1.09 bits per heavy atom. The highest BCUT2D eigenvalue weighted by Crippen LogP contribution is 2.23. The predicted octanol–water partition coefficient (Wildman–Crippen LogP) is 5.36. The fraction of sp³-hybridized carbons (Fsp3) is 0.240. The maximum atomic E-state index is 13.2. The molecule has 1 N–H and O–H groups in total. The smallest absolute Gasteiger partial charge is 0.262 e. The minimum absolute atomic E-state index is 0.0692. The van der Waals surface area contributed by atoms with Gasteiger partial charge in [-0.05, 0) is 61.9 Å². The molecule has 1 amide bonds. The van der Waals surface area contributed by atoms with Crippen molar-refractivity contribution in [3.63, 3.8) is 0 Å². The van der Waals surface area contributed by atoms with Gasteiger partial charge in [0.15, 0.2) is 5.16 Å². The highest BCUT2D eigenvalue weighted by molar-refractivity contribution is 7.99. The van der Waals surface area contributed by atoms with Gasteiger partial charge in [0.1, 0.15) is 0 Å². The molecule has 0 fully saturated rings. The molecule has 0 radical (unpaired) electrons. The van der Waals surface area contributed by atoms with Crippen LogP contribution in [0.15, 0.2) is 63.9 Å². The normalized spacial score (nSPS) is 11.1. The van der Waals surface area contributed by atoms with Gasteiger partial charge >= 0.3 is 0 Å². The number of carbonyl (C=O) groups excluding carboxylic acids is 1. The number of thiophene rings is 1. The van der Waals surface area contributed by atoms with E-state index in [0.29, 0.717) is 22.6 Å². The number of fused-ring (bicyclic) bond motifs is 1. The van der Waals surface area contributed by atoms with E-state index in [2.05, 4.69) is 23.5 Å². The van der Waals surface area contributed by atoms with Crippen LogP contribution >= 0.6 is 23.1 Å². The van der Waals surface area contributed by atoms with Crippen molar-refractivity contribution in [3.05, 3.63) is 85.8 Å². The summed E-state index contributed by atoms with van der Waals surface area (Å²) in [4.78, 5) is 31.8. The molecule has 32 heavy (non-hydrogen) atoms. The van der Waals surface area contributed by atoms with Crippen molar-refractivity contribution in [2.75, 3.05) is 11.1 Å². The van der Waals surface area contributed by atoms with Crippen LogP contribution in [0.1, 0.15) is 21.6 Å². The summed E-state index contributed by atoms with van der Waals surface area (Å²) in [6, 6.07) is 15.6. The third-order valence-electron chi connectivity index (χ3n) is 5.26. The van der Waals surface area contributed by atoms with Gasteiger partial charge in [0, 0.05) is 17.1 Å². The number of benzene rings is 2. The molecule has 0 spiro atoms. The van der Waals surface area contributed by atoms with E-state index in [9.17, 15) is 9.59 Å². The monoisotopic (exact) mass is 463 g/mol. The Bertz CT molecular complexity index is 1300. The summed E-state index contributed by atoms with van der Waals surface area (Å²) in [5.74, 6) is 0.0635. The molecule has 0 unspecified atom stereocenters. The number of anilines is 1. The zero-order valence-corrected chi connectivity index (χ0v) is 20.0. The van der Waals surface area contributed by atoms with Gasteiger partial charge < -0.3 is 5.32 Å². The van der Waals surface area contributed by atoms with Crippen molar-refractivity contribution in [2.24, 2.45) is 0 Å². The second-order valence-corrected chi connectivity index (χ2v) is 9.78. The van der Waals surface area contributed by atoms with Crippen LogP contribution in [-0.4, -0.2) is 21.2 Å². The SMILES string of the molecule is Cc1cc(C)c(NC(=O)CSc2nc3ccccc3c(=O)n2CCc2cccs2)c(C)c1. The van der Waals surface area contributed by atoms with Gasteiger partial charge in [0.25, 0.3) is 5.56 Å². The average Bonchev–Trinajstić information content (AvgIpc) is 3.28. The summed E-state index contributed by atoms with van der Waals surface area (Å²) >= 11 is 2.97. The van der Waals surface area contributed by atoms with Crippen molar-refractivity contribution in [1.29, 1.82) is 0 Å². The lowest BCUT2D eigenvalue weighted by Crippen LogP contribution is -2.25. The molecule has 2 aromatic carbocycles. The maximum absolute atomic E-state index is 13.2. The minimum atomic E-state index is -0.114. The lowest BCUT2D eigenvalue weighted by Gasteiger charge is -2.14. The Hall–Kier alpha value is -2.90. The zero-order valence-electron chi connectivity index (χ0n) is 18.3. The first-order valence-corrected chi connectivity index (χ1v) is 12.3. The molecule has 4 rings (SSSR count). The second kappa shape index (κ2) is 9.71. The topological polar surface area (TPSA) is 64.0 Å². The highest BCUT2D eigenvalue weighted by atomic mass is 32.2. The van der Waals surface area contributed by atoms with E-state index in [1.165, 1.54) is 22.2 Å². The standard InChI is InChI=1S/C25H25N3O2S2/c1-16-13-17(2)23(18(3)14-16)27-22(29)15-32-25-26-21-9-5-4-8-20(21)24(30)28(25)11-10-19-7-6-12-31-19/h4-9,12-14H,10-11,15H2,1-3H3,(H,27,29). The van der Waals surface area contributed by atoms with Crippen LogP contribution in [0.4, 0.5) is 5.69 Å².